The second-order valence-electron chi connectivity index (χ2n) is 9.74. The number of nitrogens with zero attached hydrogens (tertiary/aromatic N) is 2. The van der Waals surface area contributed by atoms with Crippen LogP contribution >= 0.6 is 0 Å². The van der Waals surface area contributed by atoms with Crippen molar-refractivity contribution in [3.63, 3.8) is 0 Å². The minimum Gasteiger partial charge on any atom is -0.233 e. The summed E-state index contributed by atoms with van der Waals surface area (Å²) in [6.07, 6.45) is -3.03. The van der Waals surface area contributed by atoms with Gasteiger partial charge in [0.05, 0.1) is 17.4 Å². The molecule has 0 aliphatic heterocycles. The third-order valence-corrected chi connectivity index (χ3v) is 7.51. The second kappa shape index (κ2) is 9.71. The molecule has 9 heteroatoms. The first-order chi connectivity index (χ1) is 16.8. The van der Waals surface area contributed by atoms with Gasteiger partial charge in [-0.1, -0.05) is 67.9 Å². The van der Waals surface area contributed by atoms with Gasteiger partial charge in [-0.15, -0.1) is 0 Å². The van der Waals surface area contributed by atoms with Crippen LogP contribution in [0.2, 0.25) is 0 Å². The molecule has 4 aromatic rings. The van der Waals surface area contributed by atoms with E-state index in [-0.39, 0.29) is 12.5 Å². The van der Waals surface area contributed by atoms with Crippen LogP contribution in [0.15, 0.2) is 79.0 Å². The van der Waals surface area contributed by atoms with Crippen molar-refractivity contribution in [2.75, 3.05) is 12.3 Å². The summed E-state index contributed by atoms with van der Waals surface area (Å²) in [5.74, 6) is -2.20. The van der Waals surface area contributed by atoms with E-state index in [2.05, 4.69) is 9.82 Å². The summed E-state index contributed by atoms with van der Waals surface area (Å²) in [5.41, 5.74) is 4.09. The van der Waals surface area contributed by atoms with Crippen molar-refractivity contribution in [3.8, 4) is 5.69 Å². The molecule has 5 nitrogen and oxygen atoms in total. The van der Waals surface area contributed by atoms with Gasteiger partial charge in [-0.3, -0.25) is 0 Å². The summed E-state index contributed by atoms with van der Waals surface area (Å²) in [6, 6.07) is 23.5. The lowest BCUT2D eigenvalue weighted by Crippen LogP contribution is -2.41. The fourth-order valence-corrected chi connectivity index (χ4v) is 5.65. The van der Waals surface area contributed by atoms with Crippen molar-refractivity contribution in [2.45, 2.75) is 32.9 Å². The van der Waals surface area contributed by atoms with Gasteiger partial charge in [-0.25, -0.2) is 17.8 Å². The van der Waals surface area contributed by atoms with E-state index in [4.69, 9.17) is 0 Å². The number of alkyl halides is 3. The van der Waals surface area contributed by atoms with E-state index in [1.54, 1.807) is 6.20 Å². The highest BCUT2D eigenvalue weighted by Crippen LogP contribution is 2.41. The first-order valence-electron chi connectivity index (χ1n) is 11.5. The maximum absolute atomic E-state index is 12.7. The number of rotatable bonds is 8. The molecule has 0 amide bonds. The SMILES string of the molecule is Cc1ccc(-n2ncc3cc(C(c4ccccc4)C(C)(C)CNS(=O)(=O)CC(F)(F)F)ccc32)cc1. The average molecular weight is 516 g/mol. The molecule has 1 N–H and O–H groups in total. The largest absolute Gasteiger partial charge is 0.404 e. The monoisotopic (exact) mass is 515 g/mol. The van der Waals surface area contributed by atoms with E-state index >= 15 is 0 Å². The molecule has 0 saturated carbocycles. The lowest BCUT2D eigenvalue weighted by Gasteiger charge is -2.35. The summed E-state index contributed by atoms with van der Waals surface area (Å²) in [5, 5.41) is 5.46. The van der Waals surface area contributed by atoms with Crippen LogP contribution in [0.5, 0.6) is 0 Å². The van der Waals surface area contributed by atoms with E-state index in [9.17, 15) is 21.6 Å². The maximum atomic E-state index is 12.7. The van der Waals surface area contributed by atoms with Gasteiger partial charge in [-0.05, 0) is 47.7 Å². The molecule has 1 heterocycles. The maximum Gasteiger partial charge on any atom is 0.404 e. The minimum absolute atomic E-state index is 0.161. The van der Waals surface area contributed by atoms with Crippen molar-refractivity contribution >= 4 is 20.9 Å². The number of benzene rings is 3. The van der Waals surface area contributed by atoms with E-state index in [0.717, 1.165) is 33.3 Å². The van der Waals surface area contributed by atoms with E-state index in [0.29, 0.717) is 0 Å². The first kappa shape index (κ1) is 25.9. The molecule has 36 heavy (non-hydrogen) atoms. The van der Waals surface area contributed by atoms with E-state index in [1.807, 2.05) is 98.2 Å². The molecule has 0 spiro atoms. The molecular weight excluding hydrogens is 487 g/mol. The molecule has 1 unspecified atom stereocenters. The Morgan fingerprint density at radius 1 is 0.944 bits per heavy atom. The van der Waals surface area contributed by atoms with Gasteiger partial charge >= 0.3 is 6.18 Å². The number of halogens is 3. The first-order valence-corrected chi connectivity index (χ1v) is 13.1. The van der Waals surface area contributed by atoms with E-state index < -0.39 is 27.4 Å². The zero-order valence-corrected chi connectivity index (χ0v) is 21.1. The summed E-state index contributed by atoms with van der Waals surface area (Å²) in [7, 11) is -4.52. The number of hydrogen-bond donors (Lipinski definition) is 1. The Labute approximate surface area is 209 Å². The Kier molecular flexibility index (Phi) is 6.99. The van der Waals surface area contributed by atoms with Gasteiger partial charge in [0, 0.05) is 17.8 Å². The molecule has 0 saturated heterocycles. The van der Waals surface area contributed by atoms with Gasteiger partial charge in [-0.2, -0.15) is 18.3 Å². The molecule has 1 atom stereocenters. The second-order valence-corrected chi connectivity index (χ2v) is 11.5. The quantitative estimate of drug-likeness (QED) is 0.314. The van der Waals surface area contributed by atoms with Crippen molar-refractivity contribution in [3.05, 3.63) is 95.7 Å². The van der Waals surface area contributed by atoms with Crippen molar-refractivity contribution < 1.29 is 21.6 Å². The fourth-order valence-electron chi connectivity index (χ4n) is 4.53. The smallest absolute Gasteiger partial charge is 0.233 e. The predicted molar refractivity (Wildman–Crippen MR) is 136 cm³/mol. The molecule has 3 aromatic carbocycles. The van der Waals surface area contributed by atoms with Crippen LogP contribution in [0.1, 0.15) is 36.5 Å². The number of hydrogen-bond acceptors (Lipinski definition) is 3. The summed E-state index contributed by atoms with van der Waals surface area (Å²) in [6.45, 7) is 5.55. The predicted octanol–water partition coefficient (Wildman–Crippen LogP) is 5.97. The van der Waals surface area contributed by atoms with Gasteiger partial charge in [0.25, 0.3) is 0 Å². The number of sulfonamides is 1. The molecule has 0 bridgehead atoms. The molecule has 0 fully saturated rings. The molecule has 1 aromatic heterocycles. The van der Waals surface area contributed by atoms with Crippen molar-refractivity contribution in [1.29, 1.82) is 0 Å². The Hall–Kier alpha value is -3.17. The number of aryl methyl sites for hydroxylation is 1. The van der Waals surface area contributed by atoms with Gasteiger partial charge in [0.2, 0.25) is 10.0 Å². The molecule has 0 aliphatic carbocycles. The highest BCUT2D eigenvalue weighted by molar-refractivity contribution is 7.89. The van der Waals surface area contributed by atoms with Crippen molar-refractivity contribution in [2.24, 2.45) is 5.41 Å². The average Bonchev–Trinajstić information content (AvgIpc) is 3.21. The van der Waals surface area contributed by atoms with E-state index in [1.165, 1.54) is 0 Å². The molecular formula is C27H28F3N3O2S. The summed E-state index contributed by atoms with van der Waals surface area (Å²) < 4.78 is 66.4. The van der Waals surface area contributed by atoms with Crippen LogP contribution < -0.4 is 4.72 Å². The summed E-state index contributed by atoms with van der Waals surface area (Å²) in [4.78, 5) is 0. The Balaban J connectivity index is 1.70. The molecule has 0 aliphatic rings. The third-order valence-electron chi connectivity index (χ3n) is 6.22. The minimum atomic E-state index is -4.81. The third kappa shape index (κ3) is 5.96. The number of aromatic nitrogens is 2. The Morgan fingerprint density at radius 2 is 1.61 bits per heavy atom. The highest BCUT2D eigenvalue weighted by Gasteiger charge is 2.38. The normalized spacial score (nSPS) is 13.7. The van der Waals surface area contributed by atoms with Gasteiger partial charge in [0.15, 0.2) is 5.75 Å². The lowest BCUT2D eigenvalue weighted by molar-refractivity contribution is -0.106. The molecule has 4 rings (SSSR count). The van der Waals surface area contributed by atoms with Crippen LogP contribution in [0, 0.1) is 12.3 Å². The zero-order valence-electron chi connectivity index (χ0n) is 20.3. The van der Waals surface area contributed by atoms with Gasteiger partial charge < -0.3 is 0 Å². The fraction of sp³-hybridized carbons (Fsp3) is 0.296. The summed E-state index contributed by atoms with van der Waals surface area (Å²) >= 11 is 0. The standard InChI is InChI=1S/C27H28F3N3O2S/c1-19-9-12-23(13-10-19)33-24-14-11-21(15-22(24)16-31-33)25(20-7-5-4-6-8-20)26(2,3)17-32-36(34,35)18-27(28,29)30/h4-16,25,32H,17-18H2,1-3H3. The highest BCUT2D eigenvalue weighted by atomic mass is 32.2. The molecule has 190 valence electrons. The number of nitrogens with one attached hydrogen (secondary N) is 1. The van der Waals surface area contributed by atoms with Crippen LogP contribution in [0.4, 0.5) is 13.2 Å². The molecule has 0 radical (unpaired) electrons. The van der Waals surface area contributed by atoms with Gasteiger partial charge in [0.1, 0.15) is 0 Å². The zero-order chi connectivity index (χ0) is 26.1. The van der Waals surface area contributed by atoms with Crippen LogP contribution in [-0.4, -0.2) is 36.7 Å². The lowest BCUT2D eigenvalue weighted by atomic mass is 9.71. The van der Waals surface area contributed by atoms with Crippen LogP contribution in [-0.2, 0) is 10.0 Å². The van der Waals surface area contributed by atoms with Crippen LogP contribution in [0.3, 0.4) is 0 Å². The van der Waals surface area contributed by atoms with Crippen LogP contribution in [0.25, 0.3) is 16.6 Å². The number of fused-ring (bicyclic) bond motifs is 1. The van der Waals surface area contributed by atoms with Crippen molar-refractivity contribution in [1.82, 2.24) is 14.5 Å². The Bertz CT molecular complexity index is 1450. The Morgan fingerprint density at radius 3 is 2.25 bits per heavy atom. The topological polar surface area (TPSA) is 64.0 Å².